The number of hydrogen-bond acceptors (Lipinski definition) is 2. The number of hydrogen-bond donors (Lipinski definition) is 1. The SMILES string of the molecule is CCC[Si](CCC)(CCC)Oc1ccc(C(C)O)cc1. The predicted molar refractivity (Wildman–Crippen MR) is 88.8 cm³/mol. The van der Waals surface area contributed by atoms with E-state index in [4.69, 9.17) is 4.43 Å². The summed E-state index contributed by atoms with van der Waals surface area (Å²) in [7, 11) is -1.64. The second-order valence-corrected chi connectivity index (χ2v) is 9.85. The lowest BCUT2D eigenvalue weighted by Gasteiger charge is -2.32. The molecule has 2 nitrogen and oxygen atoms in total. The van der Waals surface area contributed by atoms with Gasteiger partial charge in [-0.05, 0) is 42.8 Å². The molecule has 114 valence electrons. The smallest absolute Gasteiger partial charge is 0.251 e. The average molecular weight is 295 g/mol. The van der Waals surface area contributed by atoms with Crippen LogP contribution in [0.15, 0.2) is 24.3 Å². The van der Waals surface area contributed by atoms with Gasteiger partial charge in [-0.25, -0.2) is 0 Å². The molecule has 1 unspecified atom stereocenters. The van der Waals surface area contributed by atoms with Crippen LogP contribution in [-0.2, 0) is 0 Å². The van der Waals surface area contributed by atoms with Crippen LogP contribution < -0.4 is 4.43 Å². The third-order valence-electron chi connectivity index (χ3n) is 3.81. The fraction of sp³-hybridized carbons (Fsp3) is 0.647. The molecule has 3 heteroatoms. The minimum atomic E-state index is -1.64. The van der Waals surface area contributed by atoms with Gasteiger partial charge in [-0.1, -0.05) is 52.2 Å². The quantitative estimate of drug-likeness (QED) is 0.627. The molecule has 0 radical (unpaired) electrons. The second-order valence-electron chi connectivity index (χ2n) is 5.78. The predicted octanol–water partition coefficient (Wildman–Crippen LogP) is 5.29. The van der Waals surface area contributed by atoms with E-state index in [1.165, 1.54) is 37.4 Å². The first-order valence-electron chi connectivity index (χ1n) is 8.04. The summed E-state index contributed by atoms with van der Waals surface area (Å²) in [6.45, 7) is 8.56. The Morgan fingerprint density at radius 3 is 1.75 bits per heavy atom. The van der Waals surface area contributed by atoms with Gasteiger partial charge in [-0.2, -0.15) is 0 Å². The third-order valence-corrected chi connectivity index (χ3v) is 8.72. The molecule has 0 heterocycles. The highest BCUT2D eigenvalue weighted by Crippen LogP contribution is 2.30. The van der Waals surface area contributed by atoms with Crippen LogP contribution in [0.25, 0.3) is 0 Å². The molecule has 1 aromatic carbocycles. The van der Waals surface area contributed by atoms with Crippen molar-refractivity contribution in [3.8, 4) is 5.75 Å². The molecule has 1 atom stereocenters. The zero-order chi connectivity index (χ0) is 15.0. The van der Waals surface area contributed by atoms with Gasteiger partial charge in [0.15, 0.2) is 0 Å². The van der Waals surface area contributed by atoms with Gasteiger partial charge >= 0.3 is 0 Å². The summed E-state index contributed by atoms with van der Waals surface area (Å²) in [5.74, 6) is 0.983. The number of aliphatic hydroxyl groups excluding tert-OH is 1. The van der Waals surface area contributed by atoms with Crippen LogP contribution in [0.5, 0.6) is 5.75 Å². The van der Waals surface area contributed by atoms with Gasteiger partial charge in [0.2, 0.25) is 0 Å². The van der Waals surface area contributed by atoms with Gasteiger partial charge in [0.05, 0.1) is 6.10 Å². The molecule has 0 fully saturated rings. The highest BCUT2D eigenvalue weighted by molar-refractivity contribution is 6.74. The molecular weight excluding hydrogens is 264 g/mol. The molecule has 0 amide bonds. The van der Waals surface area contributed by atoms with Gasteiger partial charge in [0.1, 0.15) is 5.75 Å². The largest absolute Gasteiger partial charge is 0.543 e. The van der Waals surface area contributed by atoms with E-state index in [9.17, 15) is 5.11 Å². The van der Waals surface area contributed by atoms with E-state index in [1.54, 1.807) is 6.92 Å². The maximum absolute atomic E-state index is 9.57. The molecule has 0 bridgehead atoms. The van der Waals surface area contributed by atoms with Crippen LogP contribution in [0.3, 0.4) is 0 Å². The van der Waals surface area contributed by atoms with E-state index in [1.807, 2.05) is 24.3 Å². The Labute approximate surface area is 125 Å². The summed E-state index contributed by atoms with van der Waals surface area (Å²) in [5.41, 5.74) is 0.950. The Balaban J connectivity index is 2.86. The Morgan fingerprint density at radius 2 is 1.40 bits per heavy atom. The molecule has 0 saturated heterocycles. The summed E-state index contributed by atoms with van der Waals surface area (Å²) >= 11 is 0. The minimum Gasteiger partial charge on any atom is -0.543 e. The first-order valence-corrected chi connectivity index (χ1v) is 10.6. The van der Waals surface area contributed by atoms with Gasteiger partial charge < -0.3 is 9.53 Å². The van der Waals surface area contributed by atoms with Crippen molar-refractivity contribution < 1.29 is 9.53 Å². The Morgan fingerprint density at radius 1 is 0.950 bits per heavy atom. The highest BCUT2D eigenvalue weighted by Gasteiger charge is 2.34. The standard InChI is InChI=1S/C17H30O2Si/c1-5-12-20(13-6-2,14-7-3)19-17-10-8-16(9-11-17)15(4)18/h8-11,15,18H,5-7,12-14H2,1-4H3. The van der Waals surface area contributed by atoms with Crippen molar-refractivity contribution in [1.82, 2.24) is 0 Å². The zero-order valence-electron chi connectivity index (χ0n) is 13.5. The van der Waals surface area contributed by atoms with Crippen LogP contribution in [0.4, 0.5) is 0 Å². The van der Waals surface area contributed by atoms with Crippen molar-refractivity contribution in [2.45, 2.75) is 71.2 Å². The first-order chi connectivity index (χ1) is 9.56. The topological polar surface area (TPSA) is 29.5 Å². The van der Waals surface area contributed by atoms with Crippen molar-refractivity contribution in [3.05, 3.63) is 29.8 Å². The molecule has 1 rings (SSSR count). The van der Waals surface area contributed by atoms with Crippen LogP contribution in [-0.4, -0.2) is 13.4 Å². The molecular formula is C17H30O2Si. The highest BCUT2D eigenvalue weighted by atomic mass is 28.4. The van der Waals surface area contributed by atoms with Gasteiger partial charge in [0.25, 0.3) is 8.32 Å². The number of aliphatic hydroxyl groups is 1. The van der Waals surface area contributed by atoms with Gasteiger partial charge in [-0.3, -0.25) is 0 Å². The van der Waals surface area contributed by atoms with Crippen molar-refractivity contribution in [2.24, 2.45) is 0 Å². The van der Waals surface area contributed by atoms with E-state index in [-0.39, 0.29) is 0 Å². The van der Waals surface area contributed by atoms with E-state index in [0.29, 0.717) is 0 Å². The van der Waals surface area contributed by atoms with E-state index in [0.717, 1.165) is 11.3 Å². The first kappa shape index (κ1) is 17.2. The molecule has 0 saturated carbocycles. The molecule has 0 aromatic heterocycles. The lowest BCUT2D eigenvalue weighted by Crippen LogP contribution is -2.41. The van der Waals surface area contributed by atoms with Crippen LogP contribution in [0.1, 0.15) is 58.6 Å². The molecule has 0 aliphatic carbocycles. The second kappa shape index (κ2) is 8.48. The molecule has 0 aliphatic heterocycles. The Bertz CT molecular complexity index is 356. The van der Waals surface area contributed by atoms with Gasteiger partial charge in [0, 0.05) is 0 Å². The van der Waals surface area contributed by atoms with Crippen LogP contribution in [0.2, 0.25) is 18.1 Å². The zero-order valence-corrected chi connectivity index (χ0v) is 14.5. The molecule has 20 heavy (non-hydrogen) atoms. The van der Waals surface area contributed by atoms with Crippen LogP contribution in [0, 0.1) is 0 Å². The molecule has 0 spiro atoms. The Kier molecular flexibility index (Phi) is 7.31. The van der Waals surface area contributed by atoms with Crippen LogP contribution >= 0.6 is 0 Å². The lowest BCUT2D eigenvalue weighted by atomic mass is 10.1. The maximum atomic E-state index is 9.57. The Hall–Kier alpha value is -0.803. The molecule has 1 aromatic rings. The lowest BCUT2D eigenvalue weighted by molar-refractivity contribution is 0.199. The number of rotatable bonds is 9. The fourth-order valence-corrected chi connectivity index (χ4v) is 7.39. The van der Waals surface area contributed by atoms with Crippen molar-refractivity contribution in [3.63, 3.8) is 0 Å². The minimum absolute atomic E-state index is 0.409. The molecule has 0 aliphatic rings. The van der Waals surface area contributed by atoms with E-state index in [2.05, 4.69) is 20.8 Å². The maximum Gasteiger partial charge on any atom is 0.251 e. The van der Waals surface area contributed by atoms with Crippen molar-refractivity contribution in [2.75, 3.05) is 0 Å². The normalized spacial score (nSPS) is 13.2. The summed E-state index contributed by atoms with van der Waals surface area (Å²) in [4.78, 5) is 0. The fourth-order valence-electron chi connectivity index (χ4n) is 2.96. The van der Waals surface area contributed by atoms with E-state index >= 15 is 0 Å². The van der Waals surface area contributed by atoms with Crippen molar-refractivity contribution >= 4 is 8.32 Å². The summed E-state index contributed by atoms with van der Waals surface area (Å²) in [5, 5.41) is 9.57. The summed E-state index contributed by atoms with van der Waals surface area (Å²) < 4.78 is 6.52. The summed E-state index contributed by atoms with van der Waals surface area (Å²) in [6, 6.07) is 11.7. The van der Waals surface area contributed by atoms with Crippen molar-refractivity contribution in [1.29, 1.82) is 0 Å². The number of benzene rings is 1. The third kappa shape index (κ3) is 4.95. The monoisotopic (exact) mass is 294 g/mol. The average Bonchev–Trinajstić information content (AvgIpc) is 2.40. The van der Waals surface area contributed by atoms with E-state index < -0.39 is 14.4 Å². The summed E-state index contributed by atoms with van der Waals surface area (Å²) in [6.07, 6.45) is 3.21. The molecule has 1 N–H and O–H groups in total. The van der Waals surface area contributed by atoms with Gasteiger partial charge in [-0.15, -0.1) is 0 Å².